The van der Waals surface area contributed by atoms with E-state index >= 15 is 0 Å². The number of H-pyrrole nitrogens is 1. The first kappa shape index (κ1) is 20.5. The Labute approximate surface area is 194 Å². The molecule has 0 saturated heterocycles. The number of methoxy groups -OCH3 is 1. The Morgan fingerprint density at radius 3 is 2.82 bits per heavy atom. The lowest BCUT2D eigenvalue weighted by atomic mass is 10.2. The van der Waals surface area contributed by atoms with Crippen LogP contribution >= 0.6 is 0 Å². The van der Waals surface area contributed by atoms with Gasteiger partial charge in [0.2, 0.25) is 0 Å². The predicted molar refractivity (Wildman–Crippen MR) is 127 cm³/mol. The zero-order valence-electron chi connectivity index (χ0n) is 18.1. The van der Waals surface area contributed by atoms with Crippen LogP contribution in [0.3, 0.4) is 0 Å². The van der Waals surface area contributed by atoms with Gasteiger partial charge in [0.05, 0.1) is 23.7 Å². The molecule has 3 aromatic heterocycles. The average Bonchev–Trinajstić information content (AvgIpc) is 3.48. The van der Waals surface area contributed by atoms with E-state index in [1.165, 1.54) is 26.0 Å². The fraction of sp³-hybridized carbons (Fsp3) is 0.174. The number of sulfonamides is 1. The van der Waals surface area contributed by atoms with E-state index < -0.39 is 10.0 Å². The molecule has 11 heteroatoms. The monoisotopic (exact) mass is 476 g/mol. The van der Waals surface area contributed by atoms with E-state index in [1.807, 2.05) is 6.07 Å². The largest absolute Gasteiger partial charge is 0.495 e. The Hall–Kier alpha value is -4.12. The second kappa shape index (κ2) is 7.73. The maximum Gasteiger partial charge on any atom is 0.265 e. The Morgan fingerprint density at radius 2 is 2.00 bits per heavy atom. The highest BCUT2D eigenvalue weighted by Gasteiger charge is 2.26. The Morgan fingerprint density at radius 1 is 1.15 bits per heavy atom. The number of benzene rings is 2. The molecule has 0 aliphatic heterocycles. The van der Waals surface area contributed by atoms with Gasteiger partial charge < -0.3 is 14.6 Å². The summed E-state index contributed by atoms with van der Waals surface area (Å²) in [5.74, 6) is 1.75. The number of rotatable bonds is 7. The van der Waals surface area contributed by atoms with Crippen LogP contribution in [-0.4, -0.2) is 35.9 Å². The molecule has 3 N–H and O–H groups in total. The van der Waals surface area contributed by atoms with Gasteiger partial charge in [0.25, 0.3) is 10.0 Å². The zero-order valence-corrected chi connectivity index (χ0v) is 18.9. The van der Waals surface area contributed by atoms with Crippen LogP contribution in [0.4, 0.5) is 17.3 Å². The number of para-hydroxylation sites is 1. The third-order valence-corrected chi connectivity index (χ3v) is 7.16. The van der Waals surface area contributed by atoms with E-state index in [1.54, 1.807) is 42.6 Å². The molecule has 3 heterocycles. The van der Waals surface area contributed by atoms with Crippen LogP contribution in [0.5, 0.6) is 5.75 Å². The molecule has 0 amide bonds. The normalized spacial score (nSPS) is 13.9. The first-order valence-corrected chi connectivity index (χ1v) is 12.2. The molecule has 0 spiro atoms. The van der Waals surface area contributed by atoms with Crippen molar-refractivity contribution in [3.8, 4) is 5.75 Å². The number of hydrogen-bond acceptors (Lipinski definition) is 8. The Kier molecular flexibility index (Phi) is 4.66. The van der Waals surface area contributed by atoms with Crippen molar-refractivity contribution in [3.63, 3.8) is 0 Å². The van der Waals surface area contributed by atoms with Gasteiger partial charge >= 0.3 is 0 Å². The summed E-state index contributed by atoms with van der Waals surface area (Å²) in [5, 5.41) is 15.7. The fourth-order valence-electron chi connectivity index (χ4n) is 3.92. The first-order valence-electron chi connectivity index (χ1n) is 10.7. The summed E-state index contributed by atoms with van der Waals surface area (Å²) in [6.07, 6.45) is 3.89. The highest BCUT2D eigenvalue weighted by atomic mass is 32.2. The SMILES string of the molecule is COc1cc2c(NS(=O)(=O)c3cccc4cccnc34)noc2cc1Nc1cc(C2CC2)[nH]n1. The van der Waals surface area contributed by atoms with Gasteiger partial charge in [0.15, 0.2) is 17.2 Å². The van der Waals surface area contributed by atoms with Gasteiger partial charge in [-0.15, -0.1) is 0 Å². The summed E-state index contributed by atoms with van der Waals surface area (Å²) in [7, 11) is -2.45. The number of hydrogen-bond donors (Lipinski definition) is 3. The number of aromatic amines is 1. The molecule has 1 aliphatic rings. The minimum absolute atomic E-state index is 0.0528. The minimum Gasteiger partial charge on any atom is -0.495 e. The summed E-state index contributed by atoms with van der Waals surface area (Å²) < 4.78 is 39.9. The standard InChI is InChI=1S/C23H20N6O4S/c1-32-19-10-15-18(11-17(19)25-21-12-16(26-27-21)13-7-8-13)33-28-23(15)29-34(30,31)20-6-2-4-14-5-3-9-24-22(14)20/h2-6,9-13H,7-8H2,1H3,(H,28,29)(H2,25,26,27). The van der Waals surface area contributed by atoms with Crippen LogP contribution in [0.15, 0.2) is 64.1 Å². The van der Waals surface area contributed by atoms with E-state index in [2.05, 4.69) is 30.4 Å². The van der Waals surface area contributed by atoms with Gasteiger partial charge in [-0.3, -0.25) is 14.8 Å². The van der Waals surface area contributed by atoms with Crippen LogP contribution < -0.4 is 14.8 Å². The highest BCUT2D eigenvalue weighted by Crippen LogP contribution is 2.41. The van der Waals surface area contributed by atoms with Gasteiger partial charge in [0, 0.05) is 35.3 Å². The van der Waals surface area contributed by atoms with Crippen molar-refractivity contribution in [1.82, 2.24) is 20.3 Å². The number of fused-ring (bicyclic) bond motifs is 2. The first-order chi connectivity index (χ1) is 16.5. The molecule has 1 saturated carbocycles. The molecular formula is C23H20N6O4S. The smallest absolute Gasteiger partial charge is 0.265 e. The summed E-state index contributed by atoms with van der Waals surface area (Å²) in [5.41, 5.74) is 2.48. The lowest BCUT2D eigenvalue weighted by Crippen LogP contribution is -2.14. The van der Waals surface area contributed by atoms with Crippen LogP contribution in [0.1, 0.15) is 24.5 Å². The number of nitrogens with one attached hydrogen (secondary N) is 3. The molecule has 2 aromatic carbocycles. The molecule has 10 nitrogen and oxygen atoms in total. The molecule has 0 atom stereocenters. The van der Waals surface area contributed by atoms with E-state index in [4.69, 9.17) is 9.26 Å². The lowest BCUT2D eigenvalue weighted by Gasteiger charge is -2.10. The molecule has 1 fully saturated rings. The van der Waals surface area contributed by atoms with Gasteiger partial charge in [-0.1, -0.05) is 23.4 Å². The second-order valence-electron chi connectivity index (χ2n) is 8.12. The highest BCUT2D eigenvalue weighted by molar-refractivity contribution is 7.93. The zero-order chi connectivity index (χ0) is 23.3. The van der Waals surface area contributed by atoms with E-state index in [0.29, 0.717) is 39.7 Å². The van der Waals surface area contributed by atoms with Crippen molar-refractivity contribution in [2.75, 3.05) is 17.1 Å². The van der Waals surface area contributed by atoms with Gasteiger partial charge in [-0.25, -0.2) is 8.42 Å². The average molecular weight is 477 g/mol. The van der Waals surface area contributed by atoms with Crippen LogP contribution in [-0.2, 0) is 10.0 Å². The molecular weight excluding hydrogens is 456 g/mol. The summed E-state index contributed by atoms with van der Waals surface area (Å²) in [6.45, 7) is 0. The maximum absolute atomic E-state index is 13.2. The van der Waals surface area contributed by atoms with E-state index in [-0.39, 0.29) is 10.7 Å². The number of anilines is 3. The van der Waals surface area contributed by atoms with Gasteiger partial charge in [-0.2, -0.15) is 5.10 Å². The topological polar surface area (TPSA) is 135 Å². The van der Waals surface area contributed by atoms with Crippen LogP contribution in [0.2, 0.25) is 0 Å². The van der Waals surface area contributed by atoms with Crippen LogP contribution in [0, 0.1) is 0 Å². The molecule has 0 unspecified atom stereocenters. The summed E-state index contributed by atoms with van der Waals surface area (Å²) in [4.78, 5) is 4.29. The number of nitrogens with zero attached hydrogens (tertiary/aromatic N) is 3. The molecule has 5 aromatic rings. The summed E-state index contributed by atoms with van der Waals surface area (Å²) >= 11 is 0. The number of pyridine rings is 1. The fourth-order valence-corrected chi connectivity index (χ4v) is 5.12. The predicted octanol–water partition coefficient (Wildman–Crippen LogP) is 4.53. The van der Waals surface area contributed by atoms with Crippen LogP contribution in [0.25, 0.3) is 21.9 Å². The maximum atomic E-state index is 13.2. The van der Waals surface area contributed by atoms with Crippen molar-refractivity contribution in [1.29, 1.82) is 0 Å². The molecule has 0 radical (unpaired) electrons. The van der Waals surface area contributed by atoms with Crippen molar-refractivity contribution in [2.45, 2.75) is 23.7 Å². The lowest BCUT2D eigenvalue weighted by molar-refractivity contribution is 0.417. The molecule has 0 bridgehead atoms. The molecule has 6 rings (SSSR count). The van der Waals surface area contributed by atoms with Crippen molar-refractivity contribution in [3.05, 3.63) is 60.4 Å². The Balaban J connectivity index is 1.34. The van der Waals surface area contributed by atoms with Gasteiger partial charge in [0.1, 0.15) is 10.6 Å². The van der Waals surface area contributed by atoms with Gasteiger partial charge in [-0.05, 0) is 31.0 Å². The third-order valence-electron chi connectivity index (χ3n) is 5.79. The second-order valence-corrected chi connectivity index (χ2v) is 9.78. The molecule has 34 heavy (non-hydrogen) atoms. The minimum atomic E-state index is -3.98. The third kappa shape index (κ3) is 3.59. The van der Waals surface area contributed by atoms with Crippen molar-refractivity contribution in [2.24, 2.45) is 0 Å². The summed E-state index contributed by atoms with van der Waals surface area (Å²) in [6, 6.07) is 13.9. The van der Waals surface area contributed by atoms with Crippen molar-refractivity contribution >= 4 is 49.2 Å². The number of aromatic nitrogens is 4. The Bertz CT molecular complexity index is 1630. The quantitative estimate of drug-likeness (QED) is 0.312. The van der Waals surface area contributed by atoms with E-state index in [9.17, 15) is 8.42 Å². The molecule has 1 aliphatic carbocycles. The number of ether oxygens (including phenoxy) is 1. The molecule has 172 valence electrons. The van der Waals surface area contributed by atoms with E-state index in [0.717, 1.165) is 11.1 Å². The van der Waals surface area contributed by atoms with Crippen molar-refractivity contribution < 1.29 is 17.7 Å².